The quantitative estimate of drug-likeness (QED) is 0.632. The van der Waals surface area contributed by atoms with Crippen LogP contribution in [0.25, 0.3) is 0 Å². The summed E-state index contributed by atoms with van der Waals surface area (Å²) < 4.78 is 6.39. The van der Waals surface area contributed by atoms with Gasteiger partial charge in [-0.2, -0.15) is 0 Å². The lowest BCUT2D eigenvalue weighted by Crippen LogP contribution is -2.33. The average Bonchev–Trinajstić information content (AvgIpc) is 2.61. The Kier molecular flexibility index (Phi) is 4.65. The Bertz CT molecular complexity index is 271. The number of rotatable bonds is 5. The molecule has 0 spiro atoms. The molecule has 0 amide bonds. The third-order valence-electron chi connectivity index (χ3n) is 2.63. The molecule has 3 N–H and O–H groups in total. The van der Waals surface area contributed by atoms with Crippen molar-refractivity contribution in [3.63, 3.8) is 0 Å². The van der Waals surface area contributed by atoms with Crippen LogP contribution in [0.1, 0.15) is 38.5 Å². The van der Waals surface area contributed by atoms with Gasteiger partial charge in [0.2, 0.25) is 0 Å². The molecule has 0 saturated heterocycles. The SMILES string of the molecule is CCC(CC)C(NN)c1occc1Br. The van der Waals surface area contributed by atoms with Gasteiger partial charge in [-0.05, 0) is 27.9 Å². The first-order valence-electron chi connectivity index (χ1n) is 4.93. The highest BCUT2D eigenvalue weighted by Crippen LogP contribution is 2.32. The molecule has 1 aromatic rings. The summed E-state index contributed by atoms with van der Waals surface area (Å²) in [7, 11) is 0. The third kappa shape index (κ3) is 2.38. The fourth-order valence-corrected chi connectivity index (χ4v) is 2.16. The molecule has 0 aliphatic rings. The van der Waals surface area contributed by atoms with E-state index in [1.54, 1.807) is 6.26 Å². The van der Waals surface area contributed by atoms with E-state index in [9.17, 15) is 0 Å². The molecule has 0 aromatic carbocycles. The molecule has 1 unspecified atom stereocenters. The largest absolute Gasteiger partial charge is 0.466 e. The van der Waals surface area contributed by atoms with Crippen molar-refractivity contribution in [2.24, 2.45) is 11.8 Å². The zero-order valence-electron chi connectivity index (χ0n) is 8.59. The van der Waals surface area contributed by atoms with Crippen LogP contribution in [0.5, 0.6) is 0 Å². The Morgan fingerprint density at radius 1 is 1.50 bits per heavy atom. The summed E-state index contributed by atoms with van der Waals surface area (Å²) in [4.78, 5) is 0. The molecule has 1 heterocycles. The van der Waals surface area contributed by atoms with E-state index in [4.69, 9.17) is 10.3 Å². The van der Waals surface area contributed by atoms with Crippen LogP contribution in [-0.4, -0.2) is 0 Å². The van der Waals surface area contributed by atoms with Gasteiger partial charge in [0.15, 0.2) is 0 Å². The fourth-order valence-electron chi connectivity index (χ4n) is 1.71. The summed E-state index contributed by atoms with van der Waals surface area (Å²) >= 11 is 3.45. The third-order valence-corrected chi connectivity index (χ3v) is 3.28. The number of nitrogens with one attached hydrogen (secondary N) is 1. The molecule has 4 heteroatoms. The zero-order chi connectivity index (χ0) is 10.6. The molecular weight excluding hydrogens is 244 g/mol. The van der Waals surface area contributed by atoms with Crippen LogP contribution >= 0.6 is 15.9 Å². The number of hydrogen-bond donors (Lipinski definition) is 2. The van der Waals surface area contributed by atoms with E-state index >= 15 is 0 Å². The van der Waals surface area contributed by atoms with Crippen LogP contribution in [0.2, 0.25) is 0 Å². The molecule has 0 aliphatic carbocycles. The summed E-state index contributed by atoms with van der Waals surface area (Å²) in [5.41, 5.74) is 2.82. The van der Waals surface area contributed by atoms with Crippen molar-refractivity contribution in [2.45, 2.75) is 32.7 Å². The number of furan rings is 1. The smallest absolute Gasteiger partial charge is 0.136 e. The van der Waals surface area contributed by atoms with Gasteiger partial charge < -0.3 is 4.42 Å². The second kappa shape index (κ2) is 5.53. The lowest BCUT2D eigenvalue weighted by atomic mass is 9.93. The Morgan fingerprint density at radius 2 is 2.14 bits per heavy atom. The first-order chi connectivity index (χ1) is 6.74. The second-order valence-electron chi connectivity index (χ2n) is 3.35. The Morgan fingerprint density at radius 3 is 2.50 bits per heavy atom. The van der Waals surface area contributed by atoms with Gasteiger partial charge >= 0.3 is 0 Å². The maximum absolute atomic E-state index is 5.55. The van der Waals surface area contributed by atoms with E-state index < -0.39 is 0 Å². The monoisotopic (exact) mass is 260 g/mol. The van der Waals surface area contributed by atoms with Crippen molar-refractivity contribution < 1.29 is 4.42 Å². The highest BCUT2D eigenvalue weighted by molar-refractivity contribution is 9.10. The van der Waals surface area contributed by atoms with Crippen LogP contribution in [-0.2, 0) is 0 Å². The van der Waals surface area contributed by atoms with Gasteiger partial charge in [-0.1, -0.05) is 26.7 Å². The van der Waals surface area contributed by atoms with Crippen LogP contribution in [0.15, 0.2) is 21.2 Å². The summed E-state index contributed by atoms with van der Waals surface area (Å²) in [6, 6.07) is 1.98. The predicted molar refractivity (Wildman–Crippen MR) is 60.5 cm³/mol. The van der Waals surface area contributed by atoms with Crippen molar-refractivity contribution in [1.29, 1.82) is 0 Å². The normalized spacial score (nSPS) is 13.5. The first-order valence-corrected chi connectivity index (χ1v) is 5.72. The minimum atomic E-state index is 0.0920. The lowest BCUT2D eigenvalue weighted by molar-refractivity contribution is 0.296. The second-order valence-corrected chi connectivity index (χ2v) is 4.21. The van der Waals surface area contributed by atoms with E-state index in [2.05, 4.69) is 35.2 Å². The van der Waals surface area contributed by atoms with Crippen molar-refractivity contribution in [2.75, 3.05) is 0 Å². The minimum Gasteiger partial charge on any atom is -0.466 e. The van der Waals surface area contributed by atoms with Gasteiger partial charge in [-0.15, -0.1) is 0 Å². The van der Waals surface area contributed by atoms with E-state index in [-0.39, 0.29) is 6.04 Å². The molecule has 1 atom stereocenters. The van der Waals surface area contributed by atoms with E-state index in [1.165, 1.54) is 0 Å². The van der Waals surface area contributed by atoms with Gasteiger partial charge in [-0.25, -0.2) is 5.43 Å². The van der Waals surface area contributed by atoms with Gasteiger partial charge in [0, 0.05) is 0 Å². The Hall–Kier alpha value is -0.320. The molecule has 1 aromatic heterocycles. The minimum absolute atomic E-state index is 0.0920. The highest BCUT2D eigenvalue weighted by Gasteiger charge is 2.23. The molecule has 0 bridgehead atoms. The molecule has 3 nitrogen and oxygen atoms in total. The molecule has 0 radical (unpaired) electrons. The first kappa shape index (κ1) is 11.8. The molecule has 1 rings (SSSR count). The van der Waals surface area contributed by atoms with Crippen LogP contribution < -0.4 is 11.3 Å². The van der Waals surface area contributed by atoms with Crippen LogP contribution in [0.3, 0.4) is 0 Å². The van der Waals surface area contributed by atoms with Gasteiger partial charge in [0.25, 0.3) is 0 Å². The fraction of sp³-hybridized carbons (Fsp3) is 0.600. The summed E-state index contributed by atoms with van der Waals surface area (Å²) in [6.45, 7) is 4.32. The van der Waals surface area contributed by atoms with Crippen LogP contribution in [0.4, 0.5) is 0 Å². The number of nitrogens with two attached hydrogens (primary N) is 1. The van der Waals surface area contributed by atoms with Crippen molar-refractivity contribution >= 4 is 15.9 Å². The standard InChI is InChI=1S/C10H17BrN2O/c1-3-7(4-2)9(13-12)10-8(11)5-6-14-10/h5-7,9,13H,3-4,12H2,1-2H3. The topological polar surface area (TPSA) is 51.2 Å². The summed E-state index contributed by atoms with van der Waals surface area (Å²) in [5, 5.41) is 0. The molecule has 0 fully saturated rings. The highest BCUT2D eigenvalue weighted by atomic mass is 79.9. The van der Waals surface area contributed by atoms with E-state index in [1.807, 2.05) is 6.07 Å². The summed E-state index contributed by atoms with van der Waals surface area (Å²) in [6.07, 6.45) is 3.84. The number of hydrogen-bond acceptors (Lipinski definition) is 3. The van der Waals surface area contributed by atoms with E-state index in [0.717, 1.165) is 23.1 Å². The molecule has 0 saturated carbocycles. The Labute approximate surface area is 93.1 Å². The molecule has 80 valence electrons. The van der Waals surface area contributed by atoms with Gasteiger partial charge in [0.05, 0.1) is 16.8 Å². The van der Waals surface area contributed by atoms with Crippen molar-refractivity contribution in [3.8, 4) is 0 Å². The predicted octanol–water partition coefficient (Wildman–Crippen LogP) is 2.98. The van der Waals surface area contributed by atoms with Crippen molar-refractivity contribution in [1.82, 2.24) is 5.43 Å². The zero-order valence-corrected chi connectivity index (χ0v) is 10.2. The average molecular weight is 261 g/mol. The molecule has 0 aliphatic heterocycles. The van der Waals surface area contributed by atoms with E-state index in [0.29, 0.717) is 5.92 Å². The number of halogens is 1. The Balaban J connectivity index is 2.86. The maximum atomic E-state index is 5.55. The summed E-state index contributed by atoms with van der Waals surface area (Å²) in [5.74, 6) is 6.95. The number of hydrazine groups is 1. The molecular formula is C10H17BrN2O. The maximum Gasteiger partial charge on any atom is 0.136 e. The lowest BCUT2D eigenvalue weighted by Gasteiger charge is -2.22. The van der Waals surface area contributed by atoms with Gasteiger partial charge in [-0.3, -0.25) is 5.84 Å². The molecule has 14 heavy (non-hydrogen) atoms. The van der Waals surface area contributed by atoms with Crippen molar-refractivity contribution in [3.05, 3.63) is 22.6 Å². The van der Waals surface area contributed by atoms with Gasteiger partial charge in [0.1, 0.15) is 5.76 Å². The van der Waals surface area contributed by atoms with Crippen LogP contribution in [0, 0.1) is 5.92 Å².